The van der Waals surface area contributed by atoms with Crippen LogP contribution in [-0.2, 0) is 32.7 Å². The van der Waals surface area contributed by atoms with Crippen molar-refractivity contribution in [2.45, 2.75) is 25.9 Å². The summed E-state index contributed by atoms with van der Waals surface area (Å²) < 4.78 is 31.0. The minimum atomic E-state index is -3.79. The molecule has 1 fully saturated rings. The zero-order valence-electron chi connectivity index (χ0n) is 18.0. The number of carbonyl (C=O) groups excluding carboxylic acids is 2. The van der Waals surface area contributed by atoms with Crippen LogP contribution in [0.25, 0.3) is 0 Å². The lowest BCUT2D eigenvalue weighted by Crippen LogP contribution is -2.40. The predicted octanol–water partition coefficient (Wildman–Crippen LogP) is 2.55. The molecule has 0 radical (unpaired) electrons. The van der Waals surface area contributed by atoms with Gasteiger partial charge in [0.25, 0.3) is 0 Å². The van der Waals surface area contributed by atoms with Crippen molar-refractivity contribution in [3.8, 4) is 5.75 Å². The molecule has 0 bridgehead atoms. The Morgan fingerprint density at radius 2 is 1.94 bits per heavy atom. The van der Waals surface area contributed by atoms with Crippen molar-refractivity contribution in [2.24, 2.45) is 0 Å². The normalized spacial score (nSPS) is 13.8. The lowest BCUT2D eigenvalue weighted by atomic mass is 10.1. The van der Waals surface area contributed by atoms with Crippen LogP contribution in [0.5, 0.6) is 5.75 Å². The Bertz CT molecular complexity index is 1110. The molecule has 0 unspecified atom stereocenters. The van der Waals surface area contributed by atoms with Gasteiger partial charge in [0.1, 0.15) is 12.3 Å². The Kier molecular flexibility index (Phi) is 7.63. The van der Waals surface area contributed by atoms with E-state index in [1.807, 2.05) is 24.3 Å². The summed E-state index contributed by atoms with van der Waals surface area (Å²) in [5.74, 6) is -0.0686. The number of carbonyl (C=O) groups is 2. The predicted molar refractivity (Wildman–Crippen MR) is 123 cm³/mol. The lowest BCUT2D eigenvalue weighted by Gasteiger charge is -2.24. The molecule has 1 heterocycles. The zero-order chi connectivity index (χ0) is 23.3. The number of ether oxygens (including phenoxy) is 1. The molecular formula is C22H26ClN3O5S. The quantitative estimate of drug-likeness (QED) is 0.596. The summed E-state index contributed by atoms with van der Waals surface area (Å²) in [6.07, 6.45) is 2.43. The molecule has 0 aromatic heterocycles. The standard InChI is InChI=1S/C22H26ClN3O5S/c1-31-20-10-9-18(23)12-19(20)26(32(2,29)30)15-21(27)24-13-16-6-3-4-7-17(16)14-25-11-5-8-22(25)28/h3-4,6-7,9-10,12H,5,8,11,13-15H2,1-2H3,(H,24,27). The number of benzene rings is 2. The van der Waals surface area contributed by atoms with E-state index in [1.165, 1.54) is 13.2 Å². The lowest BCUT2D eigenvalue weighted by molar-refractivity contribution is -0.128. The number of likely N-dealkylation sites (tertiary alicyclic amines) is 1. The highest BCUT2D eigenvalue weighted by atomic mass is 35.5. The van der Waals surface area contributed by atoms with Crippen molar-refractivity contribution < 1.29 is 22.7 Å². The Morgan fingerprint density at radius 3 is 2.56 bits per heavy atom. The van der Waals surface area contributed by atoms with Gasteiger partial charge >= 0.3 is 0 Å². The summed E-state index contributed by atoms with van der Waals surface area (Å²) in [4.78, 5) is 26.4. The Morgan fingerprint density at radius 1 is 1.22 bits per heavy atom. The van der Waals surface area contributed by atoms with Crippen molar-refractivity contribution in [1.29, 1.82) is 0 Å². The minimum Gasteiger partial charge on any atom is -0.495 e. The molecule has 1 aliphatic heterocycles. The summed E-state index contributed by atoms with van der Waals surface area (Å²) in [5.41, 5.74) is 2.00. The van der Waals surface area contributed by atoms with Gasteiger partial charge in [-0.2, -0.15) is 0 Å². The molecule has 0 spiro atoms. The van der Waals surface area contributed by atoms with Gasteiger partial charge in [-0.25, -0.2) is 8.42 Å². The molecule has 10 heteroatoms. The largest absolute Gasteiger partial charge is 0.495 e. The fraction of sp³-hybridized carbons (Fsp3) is 0.364. The second kappa shape index (κ2) is 10.2. The number of amides is 2. The van der Waals surface area contributed by atoms with Gasteiger partial charge in [0.05, 0.1) is 19.1 Å². The molecule has 2 aromatic carbocycles. The number of anilines is 1. The van der Waals surface area contributed by atoms with Gasteiger partial charge in [-0.1, -0.05) is 35.9 Å². The first-order valence-electron chi connectivity index (χ1n) is 10.1. The first-order valence-corrected chi connectivity index (χ1v) is 12.3. The Labute approximate surface area is 193 Å². The van der Waals surface area contributed by atoms with Gasteiger partial charge in [-0.15, -0.1) is 0 Å². The van der Waals surface area contributed by atoms with Crippen LogP contribution in [0.4, 0.5) is 5.69 Å². The molecule has 3 rings (SSSR count). The van der Waals surface area contributed by atoms with Crippen LogP contribution in [0.2, 0.25) is 5.02 Å². The van der Waals surface area contributed by atoms with E-state index in [9.17, 15) is 18.0 Å². The van der Waals surface area contributed by atoms with E-state index in [2.05, 4.69) is 5.32 Å². The average Bonchev–Trinajstić information content (AvgIpc) is 3.15. The smallest absolute Gasteiger partial charge is 0.241 e. The number of rotatable bonds is 9. The summed E-state index contributed by atoms with van der Waals surface area (Å²) in [6, 6.07) is 12.1. The van der Waals surface area contributed by atoms with Gasteiger partial charge in [0.15, 0.2) is 0 Å². The number of methoxy groups -OCH3 is 1. The topological polar surface area (TPSA) is 96.0 Å². The molecule has 1 aliphatic rings. The molecule has 0 atom stereocenters. The third-order valence-electron chi connectivity index (χ3n) is 5.22. The van der Waals surface area contributed by atoms with Gasteiger partial charge < -0.3 is 15.0 Å². The van der Waals surface area contributed by atoms with Gasteiger partial charge in [0, 0.05) is 31.1 Å². The molecular weight excluding hydrogens is 454 g/mol. The van der Waals surface area contributed by atoms with E-state index >= 15 is 0 Å². The highest BCUT2D eigenvalue weighted by molar-refractivity contribution is 7.92. The van der Waals surface area contributed by atoms with Crippen LogP contribution < -0.4 is 14.4 Å². The number of sulfonamides is 1. The molecule has 2 amide bonds. The molecule has 1 N–H and O–H groups in total. The van der Waals surface area contributed by atoms with Crippen molar-refractivity contribution in [2.75, 3.05) is 30.8 Å². The van der Waals surface area contributed by atoms with E-state index in [1.54, 1.807) is 17.0 Å². The molecule has 1 saturated heterocycles. The van der Waals surface area contributed by atoms with Crippen LogP contribution in [0.3, 0.4) is 0 Å². The Hall–Kier alpha value is -2.78. The summed E-state index contributed by atoms with van der Waals surface area (Å²) >= 11 is 6.04. The number of halogens is 1. The van der Waals surface area contributed by atoms with Gasteiger partial charge in [-0.3, -0.25) is 13.9 Å². The van der Waals surface area contributed by atoms with Crippen molar-refractivity contribution in [1.82, 2.24) is 10.2 Å². The van der Waals surface area contributed by atoms with Crippen molar-refractivity contribution in [3.63, 3.8) is 0 Å². The van der Waals surface area contributed by atoms with Gasteiger partial charge in [0.2, 0.25) is 21.8 Å². The third-order valence-corrected chi connectivity index (χ3v) is 6.59. The zero-order valence-corrected chi connectivity index (χ0v) is 19.6. The summed E-state index contributed by atoms with van der Waals surface area (Å²) in [5, 5.41) is 3.10. The summed E-state index contributed by atoms with van der Waals surface area (Å²) in [7, 11) is -2.37. The first-order chi connectivity index (χ1) is 15.2. The van der Waals surface area contributed by atoms with E-state index in [4.69, 9.17) is 16.3 Å². The summed E-state index contributed by atoms with van der Waals surface area (Å²) in [6.45, 7) is 0.994. The SMILES string of the molecule is COc1ccc(Cl)cc1N(CC(=O)NCc1ccccc1CN1CCCC1=O)S(C)(=O)=O. The van der Waals surface area contributed by atoms with Crippen LogP contribution in [0.1, 0.15) is 24.0 Å². The van der Waals surface area contributed by atoms with Crippen LogP contribution in [-0.4, -0.2) is 51.6 Å². The highest BCUT2D eigenvalue weighted by Crippen LogP contribution is 2.32. The van der Waals surface area contributed by atoms with Crippen molar-refractivity contribution >= 4 is 39.1 Å². The van der Waals surface area contributed by atoms with E-state index in [-0.39, 0.29) is 23.9 Å². The van der Waals surface area contributed by atoms with Crippen molar-refractivity contribution in [3.05, 3.63) is 58.6 Å². The molecule has 0 saturated carbocycles. The fourth-order valence-corrected chi connectivity index (χ4v) is 4.60. The maximum atomic E-state index is 12.7. The fourth-order valence-electron chi connectivity index (χ4n) is 3.58. The molecule has 2 aromatic rings. The maximum absolute atomic E-state index is 12.7. The third kappa shape index (κ3) is 5.92. The van der Waals surface area contributed by atoms with Gasteiger partial charge in [-0.05, 0) is 35.7 Å². The van der Waals surface area contributed by atoms with E-state index in [0.29, 0.717) is 18.0 Å². The Balaban J connectivity index is 1.72. The van der Waals surface area contributed by atoms with E-state index < -0.39 is 22.5 Å². The van der Waals surface area contributed by atoms with Crippen LogP contribution in [0, 0.1) is 0 Å². The first kappa shape index (κ1) is 23.9. The maximum Gasteiger partial charge on any atom is 0.241 e. The second-order valence-corrected chi connectivity index (χ2v) is 9.89. The number of nitrogens with one attached hydrogen (secondary N) is 1. The highest BCUT2D eigenvalue weighted by Gasteiger charge is 2.25. The molecule has 0 aliphatic carbocycles. The second-order valence-electron chi connectivity index (χ2n) is 7.55. The number of hydrogen-bond acceptors (Lipinski definition) is 5. The van der Waals surface area contributed by atoms with E-state index in [0.717, 1.165) is 34.7 Å². The minimum absolute atomic E-state index is 0.128. The molecule has 32 heavy (non-hydrogen) atoms. The molecule has 172 valence electrons. The van der Waals surface area contributed by atoms with Crippen LogP contribution in [0.15, 0.2) is 42.5 Å². The number of hydrogen-bond donors (Lipinski definition) is 1. The number of nitrogens with zero attached hydrogens (tertiary/aromatic N) is 2. The monoisotopic (exact) mass is 479 g/mol. The average molecular weight is 480 g/mol. The van der Waals surface area contributed by atoms with Crippen LogP contribution >= 0.6 is 11.6 Å². The molecule has 8 nitrogen and oxygen atoms in total.